The van der Waals surface area contributed by atoms with Crippen molar-refractivity contribution in [3.8, 4) is 0 Å². The lowest BCUT2D eigenvalue weighted by molar-refractivity contribution is -0.0172. The van der Waals surface area contributed by atoms with Crippen LogP contribution in [0.1, 0.15) is 19.1 Å². The summed E-state index contributed by atoms with van der Waals surface area (Å²) < 4.78 is 12.0. The maximum absolute atomic E-state index is 11.5. The first-order valence-electron chi connectivity index (χ1n) is 5.02. The lowest BCUT2D eigenvalue weighted by atomic mass is 10.2. The number of hydrogen-bond donors (Lipinski definition) is 1. The molecule has 0 spiro atoms. The molecule has 1 aliphatic heterocycles. The Morgan fingerprint density at radius 1 is 1.69 bits per heavy atom. The van der Waals surface area contributed by atoms with Crippen LogP contribution in [-0.4, -0.2) is 22.3 Å². The van der Waals surface area contributed by atoms with E-state index in [1.54, 1.807) is 12.3 Å². The van der Waals surface area contributed by atoms with Crippen LogP contribution >= 0.6 is 9.47 Å². The molecule has 0 radical (unpaired) electrons. The fourth-order valence-corrected chi connectivity index (χ4v) is 1.98. The maximum atomic E-state index is 11.5. The highest BCUT2D eigenvalue weighted by Crippen LogP contribution is 2.27. The first kappa shape index (κ1) is 11.5. The summed E-state index contributed by atoms with van der Waals surface area (Å²) in [5.74, 6) is 0.226. The molecule has 0 aliphatic carbocycles. The molecule has 0 saturated carbocycles. The third kappa shape index (κ3) is 2.40. The van der Waals surface area contributed by atoms with E-state index in [-0.39, 0.29) is 23.8 Å². The molecule has 1 fully saturated rings. The van der Waals surface area contributed by atoms with Gasteiger partial charge in [-0.15, -0.1) is 0 Å². The average Bonchev–Trinajstić information content (AvgIpc) is 2.67. The van der Waals surface area contributed by atoms with Gasteiger partial charge in [0.15, 0.2) is 0 Å². The van der Waals surface area contributed by atoms with Gasteiger partial charge in [0.05, 0.1) is 12.7 Å². The molecule has 3 atom stereocenters. The highest BCUT2D eigenvalue weighted by Gasteiger charge is 2.27. The van der Waals surface area contributed by atoms with E-state index in [2.05, 4.69) is 14.5 Å². The van der Waals surface area contributed by atoms with Crippen LogP contribution < -0.4 is 11.4 Å². The van der Waals surface area contributed by atoms with Crippen molar-refractivity contribution in [2.24, 2.45) is 0 Å². The molecule has 0 amide bonds. The lowest BCUT2D eigenvalue weighted by Gasteiger charge is -2.14. The summed E-state index contributed by atoms with van der Waals surface area (Å²) >= 11 is 0. The zero-order valence-corrected chi connectivity index (χ0v) is 9.86. The van der Waals surface area contributed by atoms with Crippen molar-refractivity contribution in [2.45, 2.75) is 25.2 Å². The molecule has 1 unspecified atom stereocenters. The van der Waals surface area contributed by atoms with Gasteiger partial charge in [0.1, 0.15) is 12.0 Å². The highest BCUT2D eigenvalue weighted by molar-refractivity contribution is 7.09. The van der Waals surface area contributed by atoms with Gasteiger partial charge < -0.3 is 15.0 Å². The van der Waals surface area contributed by atoms with Crippen LogP contribution in [0, 0.1) is 0 Å². The molecular formula is C9H14N3O3P. The molecule has 2 rings (SSSR count). The summed E-state index contributed by atoms with van der Waals surface area (Å²) in [5.41, 5.74) is 5.04. The van der Waals surface area contributed by atoms with Crippen LogP contribution in [0.15, 0.2) is 17.1 Å². The first-order valence-corrected chi connectivity index (χ1v) is 5.49. The number of ether oxygens (including phenoxy) is 1. The van der Waals surface area contributed by atoms with E-state index in [0.717, 1.165) is 12.8 Å². The van der Waals surface area contributed by atoms with Crippen molar-refractivity contribution in [3.63, 3.8) is 0 Å². The molecule has 0 aromatic carbocycles. The minimum atomic E-state index is -0.377. The molecule has 16 heavy (non-hydrogen) atoms. The predicted octanol–water partition coefficient (Wildman–Crippen LogP) is 0.310. The van der Waals surface area contributed by atoms with E-state index in [1.165, 1.54) is 4.57 Å². The van der Waals surface area contributed by atoms with Gasteiger partial charge in [-0.05, 0) is 18.9 Å². The fraction of sp³-hybridized carbons (Fsp3) is 0.556. The Labute approximate surface area is 95.0 Å². The highest BCUT2D eigenvalue weighted by atomic mass is 31.0. The average molecular weight is 243 g/mol. The van der Waals surface area contributed by atoms with E-state index in [0.29, 0.717) is 6.61 Å². The number of aromatic nitrogens is 2. The summed E-state index contributed by atoms with van der Waals surface area (Å²) in [6, 6.07) is 1.59. The van der Waals surface area contributed by atoms with Crippen molar-refractivity contribution >= 4 is 15.3 Å². The fourth-order valence-electron chi connectivity index (χ4n) is 1.77. The molecular weight excluding hydrogens is 229 g/mol. The third-order valence-corrected chi connectivity index (χ3v) is 2.72. The van der Waals surface area contributed by atoms with Crippen LogP contribution in [0.4, 0.5) is 5.82 Å². The van der Waals surface area contributed by atoms with Gasteiger partial charge in [-0.2, -0.15) is 4.98 Å². The van der Waals surface area contributed by atoms with Gasteiger partial charge in [-0.25, -0.2) is 4.79 Å². The molecule has 1 aromatic rings. The number of nitrogen functional groups attached to an aromatic ring is 1. The SMILES string of the molecule is Nc1ccn([C@H]2CC[C@@H](COP)O2)c(=O)n1. The molecule has 1 aliphatic rings. The van der Waals surface area contributed by atoms with E-state index < -0.39 is 0 Å². The van der Waals surface area contributed by atoms with Crippen molar-refractivity contribution < 1.29 is 9.26 Å². The van der Waals surface area contributed by atoms with Crippen LogP contribution in [0.2, 0.25) is 0 Å². The third-order valence-electron chi connectivity index (χ3n) is 2.53. The van der Waals surface area contributed by atoms with Gasteiger partial charge in [0.25, 0.3) is 0 Å². The first-order chi connectivity index (χ1) is 7.70. The van der Waals surface area contributed by atoms with Crippen molar-refractivity contribution in [1.29, 1.82) is 0 Å². The van der Waals surface area contributed by atoms with Crippen LogP contribution in [-0.2, 0) is 9.26 Å². The minimum absolute atomic E-state index is 0.0342. The molecule has 6 nitrogen and oxygen atoms in total. The molecule has 2 N–H and O–H groups in total. The number of hydrogen-bond acceptors (Lipinski definition) is 5. The molecule has 88 valence electrons. The lowest BCUT2D eigenvalue weighted by Crippen LogP contribution is -2.27. The summed E-state index contributed by atoms with van der Waals surface area (Å²) in [6.07, 6.45) is 3.04. The van der Waals surface area contributed by atoms with Gasteiger partial charge in [0, 0.05) is 15.7 Å². The van der Waals surface area contributed by atoms with Gasteiger partial charge >= 0.3 is 5.69 Å². The molecule has 1 saturated heterocycles. The zero-order chi connectivity index (χ0) is 11.5. The minimum Gasteiger partial charge on any atom is -0.383 e. The Morgan fingerprint density at radius 2 is 2.50 bits per heavy atom. The monoisotopic (exact) mass is 243 g/mol. The van der Waals surface area contributed by atoms with E-state index in [4.69, 9.17) is 15.0 Å². The number of anilines is 1. The Morgan fingerprint density at radius 3 is 3.19 bits per heavy atom. The zero-order valence-electron chi connectivity index (χ0n) is 8.70. The largest absolute Gasteiger partial charge is 0.383 e. The standard InChI is InChI=1S/C9H14N3O3P/c10-7-3-4-12(9(13)11-7)8-2-1-6(15-8)5-14-16/h3-4,6,8H,1-2,5,16H2,(H2,10,11,13)/t6-,8+/m0/s1. The van der Waals surface area contributed by atoms with Crippen LogP contribution in [0.3, 0.4) is 0 Å². The quantitative estimate of drug-likeness (QED) is 0.773. The number of nitrogens with two attached hydrogens (primary N) is 1. The van der Waals surface area contributed by atoms with Crippen molar-refractivity contribution in [3.05, 3.63) is 22.7 Å². The number of rotatable bonds is 3. The van der Waals surface area contributed by atoms with E-state index in [1.807, 2.05) is 0 Å². The van der Waals surface area contributed by atoms with Gasteiger partial charge in [0.2, 0.25) is 0 Å². The molecule has 1 aromatic heterocycles. The second-order valence-corrected chi connectivity index (χ2v) is 4.00. The van der Waals surface area contributed by atoms with Crippen LogP contribution in [0.5, 0.6) is 0 Å². The molecule has 7 heteroatoms. The Bertz CT molecular complexity index is 423. The smallest absolute Gasteiger partial charge is 0.351 e. The second kappa shape index (κ2) is 4.91. The summed E-state index contributed by atoms with van der Waals surface area (Å²) in [4.78, 5) is 15.2. The molecule has 2 heterocycles. The Balaban J connectivity index is 2.11. The van der Waals surface area contributed by atoms with E-state index >= 15 is 0 Å². The van der Waals surface area contributed by atoms with Gasteiger partial charge in [-0.3, -0.25) is 4.57 Å². The second-order valence-electron chi connectivity index (χ2n) is 3.67. The predicted molar refractivity (Wildman–Crippen MR) is 61.7 cm³/mol. The van der Waals surface area contributed by atoms with Crippen molar-refractivity contribution in [1.82, 2.24) is 9.55 Å². The Hall–Kier alpha value is -0.970. The van der Waals surface area contributed by atoms with E-state index in [9.17, 15) is 4.79 Å². The van der Waals surface area contributed by atoms with Crippen molar-refractivity contribution in [2.75, 3.05) is 12.3 Å². The normalized spacial score (nSPS) is 24.8. The Kier molecular flexibility index (Phi) is 3.53. The number of nitrogens with zero attached hydrogens (tertiary/aromatic N) is 2. The maximum Gasteiger partial charge on any atom is 0.351 e. The summed E-state index contributed by atoms with van der Waals surface area (Å²) in [7, 11) is 2.19. The van der Waals surface area contributed by atoms with Gasteiger partial charge in [-0.1, -0.05) is 0 Å². The topological polar surface area (TPSA) is 79.4 Å². The molecule has 0 bridgehead atoms. The summed E-state index contributed by atoms with van der Waals surface area (Å²) in [5, 5.41) is 0. The summed E-state index contributed by atoms with van der Waals surface area (Å²) in [6.45, 7) is 0.512. The van der Waals surface area contributed by atoms with Crippen LogP contribution in [0.25, 0.3) is 0 Å².